The van der Waals surface area contributed by atoms with E-state index in [1.165, 1.54) is 31.3 Å². The van der Waals surface area contributed by atoms with E-state index in [4.69, 9.17) is 16.3 Å². The lowest BCUT2D eigenvalue weighted by Crippen LogP contribution is -2.31. The molecule has 2 aromatic rings. The van der Waals surface area contributed by atoms with Crippen LogP contribution in [0, 0.1) is 5.82 Å². The summed E-state index contributed by atoms with van der Waals surface area (Å²) < 4.78 is 45.4. The number of rotatable bonds is 6. The molecule has 0 heterocycles. The van der Waals surface area contributed by atoms with Gasteiger partial charge in [0, 0.05) is 18.1 Å². The van der Waals surface area contributed by atoms with Crippen molar-refractivity contribution >= 4 is 37.6 Å². The molecule has 0 fully saturated rings. The first-order valence-electron chi connectivity index (χ1n) is 6.61. The van der Waals surface area contributed by atoms with E-state index in [2.05, 4.69) is 15.9 Å². The van der Waals surface area contributed by atoms with Crippen molar-refractivity contribution < 1.29 is 17.5 Å². The zero-order valence-corrected chi connectivity index (χ0v) is 15.3. The van der Waals surface area contributed by atoms with Crippen LogP contribution in [-0.4, -0.2) is 32.9 Å². The van der Waals surface area contributed by atoms with Gasteiger partial charge in [-0.1, -0.05) is 39.7 Å². The molecule has 4 nitrogen and oxygen atoms in total. The maximum absolute atomic E-state index is 13.4. The van der Waals surface area contributed by atoms with E-state index < -0.39 is 15.8 Å². The number of likely N-dealkylation sites (N-methyl/N-ethyl adjacent to an activating group) is 1. The average molecular weight is 423 g/mol. The summed E-state index contributed by atoms with van der Waals surface area (Å²) in [6.07, 6.45) is 0. The third kappa shape index (κ3) is 4.44. The Labute approximate surface area is 148 Å². The first-order chi connectivity index (χ1) is 10.8. The highest BCUT2D eigenvalue weighted by molar-refractivity contribution is 9.10. The maximum atomic E-state index is 13.4. The molecule has 124 valence electrons. The molecule has 0 saturated carbocycles. The molecule has 0 spiro atoms. The number of benzene rings is 2. The van der Waals surface area contributed by atoms with E-state index >= 15 is 0 Å². The molecule has 0 bridgehead atoms. The first kappa shape index (κ1) is 18.2. The van der Waals surface area contributed by atoms with Gasteiger partial charge < -0.3 is 4.74 Å². The van der Waals surface area contributed by atoms with Crippen molar-refractivity contribution in [1.29, 1.82) is 0 Å². The second kappa shape index (κ2) is 7.61. The number of hydrogen-bond acceptors (Lipinski definition) is 3. The Morgan fingerprint density at radius 3 is 2.61 bits per heavy atom. The van der Waals surface area contributed by atoms with Crippen molar-refractivity contribution in [2.75, 3.05) is 20.2 Å². The van der Waals surface area contributed by atoms with Gasteiger partial charge in [0.2, 0.25) is 10.0 Å². The van der Waals surface area contributed by atoms with Crippen LogP contribution in [0.1, 0.15) is 0 Å². The maximum Gasteiger partial charge on any atom is 0.244 e. The number of para-hydroxylation sites is 1. The van der Waals surface area contributed by atoms with E-state index in [1.54, 1.807) is 18.2 Å². The van der Waals surface area contributed by atoms with Crippen LogP contribution in [0.3, 0.4) is 0 Å². The molecule has 23 heavy (non-hydrogen) atoms. The number of nitrogens with zero attached hydrogens (tertiary/aromatic N) is 1. The van der Waals surface area contributed by atoms with Crippen LogP contribution >= 0.6 is 27.5 Å². The summed E-state index contributed by atoms with van der Waals surface area (Å²) in [7, 11) is -2.33. The Balaban J connectivity index is 2.04. The van der Waals surface area contributed by atoms with E-state index in [0.717, 1.165) is 4.31 Å². The van der Waals surface area contributed by atoms with Gasteiger partial charge in [0.25, 0.3) is 0 Å². The third-order valence-corrected chi connectivity index (χ3v) is 5.92. The predicted octanol–water partition coefficient (Wildman–Crippen LogP) is 3.94. The fraction of sp³-hybridized carbons (Fsp3) is 0.200. The fourth-order valence-corrected chi connectivity index (χ4v) is 3.98. The highest BCUT2D eigenvalue weighted by Gasteiger charge is 2.23. The minimum absolute atomic E-state index is 0.00996. The summed E-state index contributed by atoms with van der Waals surface area (Å²) in [5.74, 6) is -0.408. The predicted molar refractivity (Wildman–Crippen MR) is 90.9 cm³/mol. The van der Waals surface area contributed by atoms with Crippen molar-refractivity contribution in [2.24, 2.45) is 0 Å². The SMILES string of the molecule is CN(CCOc1ccccc1F)S(=O)(=O)c1ccc(Br)cc1Cl. The summed E-state index contributed by atoms with van der Waals surface area (Å²) in [4.78, 5) is 0.00996. The molecule has 0 atom stereocenters. The Hall–Kier alpha value is -1.15. The lowest BCUT2D eigenvalue weighted by Gasteiger charge is -2.18. The summed E-state index contributed by atoms with van der Waals surface area (Å²) in [6.45, 7) is 0.0773. The van der Waals surface area contributed by atoms with Gasteiger partial charge in [0.05, 0.1) is 5.02 Å². The second-order valence-electron chi connectivity index (χ2n) is 4.68. The average Bonchev–Trinajstić information content (AvgIpc) is 2.48. The van der Waals surface area contributed by atoms with Crippen LogP contribution in [0.2, 0.25) is 5.02 Å². The van der Waals surface area contributed by atoms with E-state index in [-0.39, 0.29) is 28.8 Å². The van der Waals surface area contributed by atoms with Crippen LogP contribution in [0.4, 0.5) is 4.39 Å². The molecule has 0 aliphatic carbocycles. The smallest absolute Gasteiger partial charge is 0.244 e. The van der Waals surface area contributed by atoms with Gasteiger partial charge in [-0.25, -0.2) is 12.8 Å². The zero-order valence-electron chi connectivity index (χ0n) is 12.2. The highest BCUT2D eigenvalue weighted by Crippen LogP contribution is 2.27. The fourth-order valence-electron chi connectivity index (χ4n) is 1.82. The van der Waals surface area contributed by atoms with Gasteiger partial charge in [-0.05, 0) is 30.3 Å². The van der Waals surface area contributed by atoms with Crippen LogP contribution in [0.5, 0.6) is 5.75 Å². The van der Waals surface area contributed by atoms with Crippen LogP contribution in [-0.2, 0) is 10.0 Å². The molecule has 0 radical (unpaired) electrons. The van der Waals surface area contributed by atoms with E-state index in [1.807, 2.05) is 0 Å². The van der Waals surface area contributed by atoms with E-state index in [0.29, 0.717) is 4.47 Å². The Morgan fingerprint density at radius 2 is 1.96 bits per heavy atom. The Bertz CT molecular complexity index is 801. The lowest BCUT2D eigenvalue weighted by atomic mass is 10.3. The standard InChI is InChI=1S/C15H14BrClFNO3S/c1-19(8-9-22-14-5-3-2-4-13(14)18)23(20,21)15-7-6-11(16)10-12(15)17/h2-7,10H,8-9H2,1H3. The molecule has 8 heteroatoms. The molecule has 0 saturated heterocycles. The molecular weight excluding hydrogens is 409 g/mol. The Kier molecular flexibility index (Phi) is 6.02. The monoisotopic (exact) mass is 421 g/mol. The molecular formula is C15H14BrClFNO3S. The van der Waals surface area contributed by atoms with Gasteiger partial charge >= 0.3 is 0 Å². The normalized spacial score (nSPS) is 11.7. The molecule has 0 N–H and O–H groups in total. The van der Waals surface area contributed by atoms with Gasteiger partial charge in [0.15, 0.2) is 11.6 Å². The number of halogens is 3. The van der Waals surface area contributed by atoms with Crippen molar-refractivity contribution in [3.63, 3.8) is 0 Å². The van der Waals surface area contributed by atoms with Crippen LogP contribution in [0.15, 0.2) is 51.8 Å². The van der Waals surface area contributed by atoms with Crippen molar-refractivity contribution in [1.82, 2.24) is 4.31 Å². The molecule has 0 amide bonds. The quantitative estimate of drug-likeness (QED) is 0.708. The highest BCUT2D eigenvalue weighted by atomic mass is 79.9. The second-order valence-corrected chi connectivity index (χ2v) is 8.02. The number of ether oxygens (including phenoxy) is 1. The van der Waals surface area contributed by atoms with Crippen molar-refractivity contribution in [3.05, 3.63) is 57.8 Å². The molecule has 0 aliphatic rings. The van der Waals surface area contributed by atoms with Crippen LogP contribution in [0.25, 0.3) is 0 Å². The van der Waals surface area contributed by atoms with E-state index in [9.17, 15) is 12.8 Å². The minimum Gasteiger partial charge on any atom is -0.489 e. The zero-order chi connectivity index (χ0) is 17.0. The number of sulfonamides is 1. The molecule has 2 aromatic carbocycles. The summed E-state index contributed by atoms with van der Waals surface area (Å²) >= 11 is 9.22. The van der Waals surface area contributed by atoms with Gasteiger partial charge in [-0.3, -0.25) is 0 Å². The summed E-state index contributed by atoms with van der Waals surface area (Å²) in [6, 6.07) is 10.5. The molecule has 0 unspecified atom stereocenters. The van der Waals surface area contributed by atoms with Crippen molar-refractivity contribution in [2.45, 2.75) is 4.90 Å². The van der Waals surface area contributed by atoms with Gasteiger partial charge in [-0.2, -0.15) is 4.31 Å². The molecule has 0 aromatic heterocycles. The van der Waals surface area contributed by atoms with Gasteiger partial charge in [-0.15, -0.1) is 0 Å². The number of hydrogen-bond donors (Lipinski definition) is 0. The molecule has 2 rings (SSSR count). The first-order valence-corrected chi connectivity index (χ1v) is 9.22. The topological polar surface area (TPSA) is 46.6 Å². The van der Waals surface area contributed by atoms with Crippen LogP contribution < -0.4 is 4.74 Å². The third-order valence-electron chi connectivity index (χ3n) is 3.08. The summed E-state index contributed by atoms with van der Waals surface area (Å²) in [5.41, 5.74) is 0. The van der Waals surface area contributed by atoms with Gasteiger partial charge in [0.1, 0.15) is 11.5 Å². The molecule has 0 aliphatic heterocycles. The Morgan fingerprint density at radius 1 is 1.26 bits per heavy atom. The lowest BCUT2D eigenvalue weighted by molar-refractivity contribution is 0.275. The van der Waals surface area contributed by atoms with Crippen molar-refractivity contribution in [3.8, 4) is 5.75 Å². The largest absolute Gasteiger partial charge is 0.489 e. The summed E-state index contributed by atoms with van der Waals surface area (Å²) in [5, 5.41) is 0.126. The minimum atomic E-state index is -3.74.